The van der Waals surface area contributed by atoms with Gasteiger partial charge in [-0.15, -0.1) is 0 Å². The largest absolute Gasteiger partial charge is 0.375 e. The van der Waals surface area contributed by atoms with Crippen LogP contribution in [0.2, 0.25) is 0 Å². The van der Waals surface area contributed by atoms with E-state index in [9.17, 15) is 9.59 Å². The van der Waals surface area contributed by atoms with E-state index in [0.717, 1.165) is 11.1 Å². The van der Waals surface area contributed by atoms with Gasteiger partial charge in [0.2, 0.25) is 5.91 Å². The Kier molecular flexibility index (Phi) is 2.64. The zero-order chi connectivity index (χ0) is 13.6. The SMILES string of the molecule is Cc1ccc2[nH]c3c(c(=O)c2c1)COCC3C(N)=O. The molecule has 3 N–H and O–H groups in total. The van der Waals surface area contributed by atoms with Crippen molar-refractivity contribution < 1.29 is 9.53 Å². The molecule has 1 atom stereocenters. The molecule has 0 bridgehead atoms. The number of carbonyl (C=O) groups excluding carboxylic acids is 1. The Morgan fingerprint density at radius 1 is 1.47 bits per heavy atom. The van der Waals surface area contributed by atoms with Crippen molar-refractivity contribution in [2.75, 3.05) is 6.61 Å². The number of rotatable bonds is 1. The molecule has 0 spiro atoms. The molecule has 0 saturated heterocycles. The maximum atomic E-state index is 12.4. The summed E-state index contributed by atoms with van der Waals surface area (Å²) in [6.07, 6.45) is 0. The van der Waals surface area contributed by atoms with Gasteiger partial charge >= 0.3 is 0 Å². The highest BCUT2D eigenvalue weighted by molar-refractivity contribution is 5.85. The second-order valence-electron chi connectivity index (χ2n) is 4.87. The first kappa shape index (κ1) is 11.9. The van der Waals surface area contributed by atoms with Crippen LogP contribution in [0.1, 0.15) is 22.7 Å². The van der Waals surface area contributed by atoms with E-state index < -0.39 is 11.8 Å². The van der Waals surface area contributed by atoms with Crippen LogP contribution >= 0.6 is 0 Å². The normalized spacial score (nSPS) is 18.3. The van der Waals surface area contributed by atoms with Crippen molar-refractivity contribution in [3.05, 3.63) is 45.2 Å². The third kappa shape index (κ3) is 1.82. The molecule has 19 heavy (non-hydrogen) atoms. The molecule has 5 nitrogen and oxygen atoms in total. The topological polar surface area (TPSA) is 85.2 Å². The first-order valence-corrected chi connectivity index (χ1v) is 6.10. The van der Waals surface area contributed by atoms with Gasteiger partial charge in [0.15, 0.2) is 5.43 Å². The van der Waals surface area contributed by atoms with Crippen molar-refractivity contribution in [3.63, 3.8) is 0 Å². The van der Waals surface area contributed by atoms with Gasteiger partial charge in [-0.1, -0.05) is 11.6 Å². The van der Waals surface area contributed by atoms with Crippen LogP contribution in [0.3, 0.4) is 0 Å². The fraction of sp³-hybridized carbons (Fsp3) is 0.286. The molecular weight excluding hydrogens is 244 g/mol. The molecule has 2 aromatic rings. The lowest BCUT2D eigenvalue weighted by molar-refractivity contribution is -0.121. The molecule has 0 fully saturated rings. The van der Waals surface area contributed by atoms with Gasteiger partial charge in [0, 0.05) is 22.2 Å². The fourth-order valence-corrected chi connectivity index (χ4v) is 2.49. The van der Waals surface area contributed by atoms with Crippen LogP contribution in [0.5, 0.6) is 0 Å². The average molecular weight is 258 g/mol. The lowest BCUT2D eigenvalue weighted by atomic mass is 9.96. The number of aromatic amines is 1. The van der Waals surface area contributed by atoms with Gasteiger partial charge in [-0.2, -0.15) is 0 Å². The maximum Gasteiger partial charge on any atom is 0.228 e. The van der Waals surface area contributed by atoms with Gasteiger partial charge in [-0.05, 0) is 19.1 Å². The first-order valence-electron chi connectivity index (χ1n) is 6.10. The number of nitrogens with one attached hydrogen (secondary N) is 1. The standard InChI is InChI=1S/C14H14N2O3/c1-7-2-3-11-8(4-7)13(17)9-5-19-6-10(14(15)18)12(9)16-11/h2-4,10H,5-6H2,1H3,(H2,15,18)(H,16,17). The fourth-order valence-electron chi connectivity index (χ4n) is 2.49. The Morgan fingerprint density at radius 3 is 3.00 bits per heavy atom. The van der Waals surface area contributed by atoms with Crippen LogP contribution in [0.4, 0.5) is 0 Å². The number of carbonyl (C=O) groups is 1. The number of H-pyrrole nitrogens is 1. The highest BCUT2D eigenvalue weighted by Gasteiger charge is 2.28. The van der Waals surface area contributed by atoms with Crippen LogP contribution in [-0.2, 0) is 16.1 Å². The van der Waals surface area contributed by atoms with Gasteiger partial charge in [-0.3, -0.25) is 9.59 Å². The molecule has 0 saturated carbocycles. The molecule has 1 aromatic heterocycles. The number of fused-ring (bicyclic) bond motifs is 2. The number of pyridine rings is 1. The van der Waals surface area contributed by atoms with E-state index >= 15 is 0 Å². The summed E-state index contributed by atoms with van der Waals surface area (Å²) in [6, 6.07) is 5.60. The Hall–Kier alpha value is -2.14. The first-order chi connectivity index (χ1) is 9.08. The summed E-state index contributed by atoms with van der Waals surface area (Å²) in [5, 5.41) is 0.618. The number of primary amides is 1. The quantitative estimate of drug-likeness (QED) is 0.798. The summed E-state index contributed by atoms with van der Waals surface area (Å²) >= 11 is 0. The molecule has 5 heteroatoms. The van der Waals surface area contributed by atoms with E-state index in [4.69, 9.17) is 10.5 Å². The summed E-state index contributed by atoms with van der Waals surface area (Å²) in [5.41, 5.74) is 8.12. The zero-order valence-electron chi connectivity index (χ0n) is 10.5. The number of nitrogens with two attached hydrogens (primary N) is 1. The second-order valence-corrected chi connectivity index (χ2v) is 4.87. The molecule has 3 rings (SSSR count). The minimum absolute atomic E-state index is 0.0848. The predicted octanol–water partition coefficient (Wildman–Crippen LogP) is 0.936. The molecule has 1 unspecified atom stereocenters. The van der Waals surface area contributed by atoms with Gasteiger partial charge in [0.25, 0.3) is 0 Å². The number of hydrogen-bond donors (Lipinski definition) is 2. The Bertz CT molecular complexity index is 733. The molecule has 1 amide bonds. The van der Waals surface area contributed by atoms with E-state index in [1.807, 2.05) is 25.1 Å². The van der Waals surface area contributed by atoms with Crippen molar-refractivity contribution >= 4 is 16.8 Å². The molecule has 1 aliphatic heterocycles. The number of hydrogen-bond acceptors (Lipinski definition) is 3. The molecule has 1 aromatic carbocycles. The summed E-state index contributed by atoms with van der Waals surface area (Å²) < 4.78 is 5.31. The van der Waals surface area contributed by atoms with Crippen LogP contribution in [0.25, 0.3) is 10.9 Å². The van der Waals surface area contributed by atoms with Gasteiger partial charge in [0.1, 0.15) is 5.92 Å². The number of aryl methyl sites for hydroxylation is 1. The molecular formula is C14H14N2O3. The van der Waals surface area contributed by atoms with Crippen LogP contribution in [0.15, 0.2) is 23.0 Å². The van der Waals surface area contributed by atoms with Crippen LogP contribution in [-0.4, -0.2) is 17.5 Å². The van der Waals surface area contributed by atoms with Crippen LogP contribution in [0, 0.1) is 6.92 Å². The number of amides is 1. The Morgan fingerprint density at radius 2 is 2.26 bits per heavy atom. The molecule has 98 valence electrons. The lowest BCUT2D eigenvalue weighted by Gasteiger charge is -2.23. The number of ether oxygens (including phenoxy) is 1. The molecule has 1 aliphatic rings. The van der Waals surface area contributed by atoms with E-state index in [1.165, 1.54) is 0 Å². The number of aromatic nitrogens is 1. The molecule has 2 heterocycles. The third-order valence-electron chi connectivity index (χ3n) is 3.51. The highest BCUT2D eigenvalue weighted by Crippen LogP contribution is 2.25. The zero-order valence-corrected chi connectivity index (χ0v) is 10.5. The van der Waals surface area contributed by atoms with E-state index in [0.29, 0.717) is 16.6 Å². The maximum absolute atomic E-state index is 12.4. The van der Waals surface area contributed by atoms with E-state index in [-0.39, 0.29) is 18.6 Å². The van der Waals surface area contributed by atoms with Crippen molar-refractivity contribution in [1.29, 1.82) is 0 Å². The Balaban J connectivity index is 2.34. The van der Waals surface area contributed by atoms with E-state index in [2.05, 4.69) is 4.98 Å². The average Bonchev–Trinajstić information content (AvgIpc) is 2.39. The third-order valence-corrected chi connectivity index (χ3v) is 3.51. The van der Waals surface area contributed by atoms with Crippen molar-refractivity contribution in [2.45, 2.75) is 19.4 Å². The van der Waals surface area contributed by atoms with Crippen molar-refractivity contribution in [3.8, 4) is 0 Å². The van der Waals surface area contributed by atoms with E-state index in [1.54, 1.807) is 0 Å². The molecule has 0 radical (unpaired) electrons. The minimum atomic E-state index is -0.581. The summed E-state index contributed by atoms with van der Waals surface area (Å²) in [7, 11) is 0. The highest BCUT2D eigenvalue weighted by atomic mass is 16.5. The monoisotopic (exact) mass is 258 g/mol. The second kappa shape index (κ2) is 4.20. The smallest absolute Gasteiger partial charge is 0.228 e. The summed E-state index contributed by atoms with van der Waals surface area (Å²) in [6.45, 7) is 2.37. The summed E-state index contributed by atoms with van der Waals surface area (Å²) in [5.74, 6) is -1.06. The van der Waals surface area contributed by atoms with Gasteiger partial charge < -0.3 is 15.5 Å². The van der Waals surface area contributed by atoms with Crippen molar-refractivity contribution in [2.24, 2.45) is 5.73 Å². The predicted molar refractivity (Wildman–Crippen MR) is 70.9 cm³/mol. The Labute approximate surface area is 109 Å². The van der Waals surface area contributed by atoms with Crippen LogP contribution < -0.4 is 11.2 Å². The van der Waals surface area contributed by atoms with Gasteiger partial charge in [-0.25, -0.2) is 0 Å². The lowest BCUT2D eigenvalue weighted by Crippen LogP contribution is -2.33. The minimum Gasteiger partial charge on any atom is -0.375 e. The molecule has 0 aliphatic carbocycles. The summed E-state index contributed by atoms with van der Waals surface area (Å²) in [4.78, 5) is 27.0. The number of benzene rings is 1. The van der Waals surface area contributed by atoms with Gasteiger partial charge in [0.05, 0.1) is 13.2 Å². The van der Waals surface area contributed by atoms with Crippen molar-refractivity contribution in [1.82, 2.24) is 4.98 Å².